The Balaban J connectivity index is 1.81. The van der Waals surface area contributed by atoms with E-state index in [0.717, 1.165) is 44.7 Å². The van der Waals surface area contributed by atoms with Crippen molar-refractivity contribution in [1.82, 2.24) is 15.0 Å². The van der Waals surface area contributed by atoms with E-state index < -0.39 is 0 Å². The number of para-hydroxylation sites is 1. The minimum atomic E-state index is 0.261. The molecule has 0 amide bonds. The lowest BCUT2D eigenvalue weighted by Gasteiger charge is -2.09. The number of fused-ring (bicyclic) bond motifs is 1. The Bertz CT molecular complexity index is 1070. The van der Waals surface area contributed by atoms with Crippen LogP contribution < -0.4 is 0 Å². The zero-order valence-electron chi connectivity index (χ0n) is 14.0. The Hall–Kier alpha value is -2.78. The number of nitrogens with zero attached hydrogens (tertiary/aromatic N) is 3. The molecule has 0 fully saturated rings. The smallest absolute Gasteiger partial charge is 0.223 e. The maximum atomic E-state index is 6.11. The topological polar surface area (TPSA) is 38.7 Å². The van der Waals surface area contributed by atoms with Crippen LogP contribution in [0.3, 0.4) is 0 Å². The van der Waals surface area contributed by atoms with E-state index in [2.05, 4.69) is 45.3 Å². The van der Waals surface area contributed by atoms with Crippen molar-refractivity contribution in [3.8, 4) is 22.4 Å². The molecule has 2 aromatic carbocycles. The number of hydrogen-bond donors (Lipinski definition) is 0. The Morgan fingerprint density at radius 1 is 0.720 bits per heavy atom. The van der Waals surface area contributed by atoms with Crippen LogP contribution in [0, 0.1) is 13.8 Å². The summed E-state index contributed by atoms with van der Waals surface area (Å²) in [4.78, 5) is 13.3. The van der Waals surface area contributed by atoms with E-state index in [-0.39, 0.29) is 5.28 Å². The number of aromatic nitrogens is 3. The second-order valence-electron chi connectivity index (χ2n) is 6.02. The molecule has 0 bridgehead atoms. The van der Waals surface area contributed by atoms with Gasteiger partial charge in [-0.25, -0.2) is 9.97 Å². The predicted molar refractivity (Wildman–Crippen MR) is 103 cm³/mol. The van der Waals surface area contributed by atoms with Crippen LogP contribution in [0.4, 0.5) is 0 Å². The maximum Gasteiger partial charge on any atom is 0.223 e. The number of halogens is 1. The fourth-order valence-electron chi connectivity index (χ4n) is 3.07. The minimum absolute atomic E-state index is 0.261. The summed E-state index contributed by atoms with van der Waals surface area (Å²) in [5.41, 5.74) is 7.05. The predicted octanol–water partition coefficient (Wildman–Crippen LogP) is 5.63. The van der Waals surface area contributed by atoms with Crippen LogP contribution in [0.1, 0.15) is 11.4 Å². The van der Waals surface area contributed by atoms with Crippen LogP contribution in [-0.2, 0) is 0 Å². The van der Waals surface area contributed by atoms with Gasteiger partial charge in [-0.05, 0) is 43.1 Å². The van der Waals surface area contributed by atoms with Gasteiger partial charge in [-0.3, -0.25) is 4.98 Å². The second-order valence-corrected chi connectivity index (χ2v) is 6.36. The molecule has 0 spiro atoms. The van der Waals surface area contributed by atoms with Crippen molar-refractivity contribution in [2.24, 2.45) is 0 Å². The van der Waals surface area contributed by atoms with Crippen LogP contribution in [0.5, 0.6) is 0 Å². The van der Waals surface area contributed by atoms with Gasteiger partial charge in [0.2, 0.25) is 5.28 Å². The van der Waals surface area contributed by atoms with Crippen molar-refractivity contribution in [3.05, 3.63) is 77.3 Å². The summed E-state index contributed by atoms with van der Waals surface area (Å²) in [6.07, 6.45) is 0. The number of pyridine rings is 1. The summed E-state index contributed by atoms with van der Waals surface area (Å²) < 4.78 is 0. The molecule has 3 nitrogen and oxygen atoms in total. The lowest BCUT2D eigenvalue weighted by Crippen LogP contribution is -1.92. The van der Waals surface area contributed by atoms with Gasteiger partial charge >= 0.3 is 0 Å². The summed E-state index contributed by atoms with van der Waals surface area (Å²) >= 11 is 6.11. The first kappa shape index (κ1) is 15.7. The molecule has 2 aromatic heterocycles. The van der Waals surface area contributed by atoms with Crippen molar-refractivity contribution in [3.63, 3.8) is 0 Å². The molecule has 0 aliphatic heterocycles. The third-order valence-corrected chi connectivity index (χ3v) is 4.44. The molecule has 0 saturated carbocycles. The van der Waals surface area contributed by atoms with Gasteiger partial charge in [-0.15, -0.1) is 0 Å². The quantitative estimate of drug-likeness (QED) is 0.442. The van der Waals surface area contributed by atoms with Crippen LogP contribution in [0.25, 0.3) is 33.3 Å². The fraction of sp³-hybridized carbons (Fsp3) is 0.0952. The second kappa shape index (κ2) is 6.26. The highest BCUT2D eigenvalue weighted by atomic mass is 35.5. The molecular weight excluding hydrogens is 330 g/mol. The molecular formula is C21H16ClN3. The zero-order chi connectivity index (χ0) is 17.4. The van der Waals surface area contributed by atoms with Crippen LogP contribution in [0.15, 0.2) is 60.7 Å². The van der Waals surface area contributed by atoms with Gasteiger partial charge in [0.25, 0.3) is 0 Å². The van der Waals surface area contributed by atoms with E-state index in [9.17, 15) is 0 Å². The lowest BCUT2D eigenvalue weighted by atomic mass is 10.00. The molecule has 4 rings (SSSR count). The van der Waals surface area contributed by atoms with Crippen LogP contribution >= 0.6 is 11.6 Å². The van der Waals surface area contributed by atoms with Gasteiger partial charge in [0, 0.05) is 27.9 Å². The monoisotopic (exact) mass is 345 g/mol. The third-order valence-electron chi connectivity index (χ3n) is 4.27. The average molecular weight is 346 g/mol. The molecule has 4 aromatic rings. The van der Waals surface area contributed by atoms with Gasteiger partial charge in [0.15, 0.2) is 0 Å². The number of rotatable bonds is 2. The molecule has 0 aliphatic rings. The Kier molecular flexibility index (Phi) is 3.94. The van der Waals surface area contributed by atoms with Gasteiger partial charge in [-0.1, -0.05) is 48.5 Å². The van der Waals surface area contributed by atoms with Gasteiger partial charge in [-0.2, -0.15) is 0 Å². The summed E-state index contributed by atoms with van der Waals surface area (Å²) in [7, 11) is 0. The van der Waals surface area contributed by atoms with Crippen molar-refractivity contribution in [2.45, 2.75) is 13.8 Å². The van der Waals surface area contributed by atoms with Crippen molar-refractivity contribution in [1.29, 1.82) is 0 Å². The molecule has 0 saturated heterocycles. The van der Waals surface area contributed by atoms with Gasteiger partial charge in [0.1, 0.15) is 0 Å². The molecule has 4 heteroatoms. The van der Waals surface area contributed by atoms with E-state index in [1.54, 1.807) is 0 Å². The molecule has 0 aliphatic carbocycles. The molecule has 0 unspecified atom stereocenters. The molecule has 0 N–H and O–H groups in total. The summed E-state index contributed by atoms with van der Waals surface area (Å²) in [6, 6.07) is 20.4. The first-order valence-corrected chi connectivity index (χ1v) is 8.47. The van der Waals surface area contributed by atoms with Gasteiger partial charge in [0.05, 0.1) is 11.2 Å². The molecule has 25 heavy (non-hydrogen) atoms. The minimum Gasteiger partial charge on any atom is -0.258 e. The first-order valence-electron chi connectivity index (χ1n) is 8.09. The van der Waals surface area contributed by atoms with Gasteiger partial charge < -0.3 is 0 Å². The van der Waals surface area contributed by atoms with Crippen LogP contribution in [0.2, 0.25) is 5.28 Å². The Morgan fingerprint density at radius 2 is 1.44 bits per heavy atom. The number of aryl methyl sites for hydroxylation is 2. The summed E-state index contributed by atoms with van der Waals surface area (Å²) in [6.45, 7) is 4.04. The third kappa shape index (κ3) is 2.99. The fourth-order valence-corrected chi connectivity index (χ4v) is 3.24. The molecule has 2 heterocycles. The average Bonchev–Trinajstić information content (AvgIpc) is 2.61. The maximum absolute atomic E-state index is 6.11. The SMILES string of the molecule is Cc1ccc(-c2ccc(-c3nc(Cl)nc4ccccc34)cc2)c(C)n1. The molecule has 0 atom stereocenters. The Labute approximate surface area is 151 Å². The highest BCUT2D eigenvalue weighted by Crippen LogP contribution is 2.30. The van der Waals surface area contributed by atoms with E-state index in [4.69, 9.17) is 11.6 Å². The van der Waals surface area contributed by atoms with Crippen molar-refractivity contribution in [2.75, 3.05) is 0 Å². The van der Waals surface area contributed by atoms with Crippen LogP contribution in [-0.4, -0.2) is 15.0 Å². The zero-order valence-corrected chi connectivity index (χ0v) is 14.7. The standard InChI is InChI=1S/C21H16ClN3/c1-13-7-12-17(14(2)23-13)15-8-10-16(11-9-15)20-18-5-3-4-6-19(18)24-21(22)25-20/h3-12H,1-2H3. The first-order chi connectivity index (χ1) is 12.1. The summed E-state index contributed by atoms with van der Waals surface area (Å²) in [5.74, 6) is 0. The van der Waals surface area contributed by atoms with Crippen molar-refractivity contribution < 1.29 is 0 Å². The number of hydrogen-bond acceptors (Lipinski definition) is 3. The molecule has 122 valence electrons. The van der Waals surface area contributed by atoms with E-state index in [0.29, 0.717) is 0 Å². The number of benzene rings is 2. The highest BCUT2D eigenvalue weighted by molar-refractivity contribution is 6.28. The largest absolute Gasteiger partial charge is 0.258 e. The van der Waals surface area contributed by atoms with Crippen molar-refractivity contribution >= 4 is 22.5 Å². The molecule has 0 radical (unpaired) electrons. The van der Waals surface area contributed by atoms with E-state index >= 15 is 0 Å². The lowest BCUT2D eigenvalue weighted by molar-refractivity contribution is 1.13. The highest BCUT2D eigenvalue weighted by Gasteiger charge is 2.10. The normalized spacial score (nSPS) is 11.0. The van der Waals surface area contributed by atoms with E-state index in [1.807, 2.05) is 44.2 Å². The summed E-state index contributed by atoms with van der Waals surface area (Å²) in [5, 5.41) is 1.25. The van der Waals surface area contributed by atoms with E-state index in [1.165, 1.54) is 0 Å². The Morgan fingerprint density at radius 3 is 2.20 bits per heavy atom.